The molecule has 3 aromatic carbocycles. The van der Waals surface area contributed by atoms with E-state index in [2.05, 4.69) is 5.32 Å². The number of esters is 4. The van der Waals surface area contributed by atoms with Crippen LogP contribution in [-0.2, 0) is 42.9 Å². The molecule has 2 saturated carbocycles. The quantitative estimate of drug-likeness (QED) is 0.127. The van der Waals surface area contributed by atoms with Gasteiger partial charge >= 0.3 is 29.9 Å². The average Bonchev–Trinajstić information content (AvgIpc) is 3.33. The molecule has 3 aromatic rings. The Morgan fingerprint density at radius 1 is 0.803 bits per heavy atom. The minimum absolute atomic E-state index is 0.00289. The minimum Gasteiger partial charge on any atom is -0.456 e. The maximum absolute atomic E-state index is 15.5. The molecule has 18 nitrogen and oxygen atoms in total. The first kappa shape index (κ1) is 52.4. The number of carbonyl (C=O) groups is 7. The number of hydrogen-bond acceptors (Lipinski definition) is 15. The zero-order valence-corrected chi connectivity index (χ0v) is 41.2. The van der Waals surface area contributed by atoms with Crippen molar-refractivity contribution in [3.63, 3.8) is 0 Å². The first-order valence-corrected chi connectivity index (χ1v) is 23.7. The standard InChI is InChI=1S/C47H51NO14.C6H12N2O/c1-25-31(60-43(56)36(52)35(28-16-10-7-11-17-28)48-41(54)29-18-12-8-13-19-29)23-47(57)40(61-42(55)30-20-14-9-15-21-30)38-45(6,32(51)22-33-46(38,24-58-33)62-27(3)50)39(53)37(59-26(2)49)34(25)44(47,4)5;1-7-4-3-5-8(2)6(7)9/h7-21,31-33,35-38,40,51-52,57H,22-24H2,1-6H3,(H,48,54);3-5H2,1-2H3/t31-,32-,33+,35-,36+,37+,38?,40?,45+,46-,47+;/m0./s1. The largest absolute Gasteiger partial charge is 0.456 e. The van der Waals surface area contributed by atoms with Crippen molar-refractivity contribution in [3.8, 4) is 0 Å². The lowest BCUT2D eigenvalue weighted by Crippen LogP contribution is -2.82. The Labute approximate surface area is 412 Å². The number of ketones is 1. The van der Waals surface area contributed by atoms with E-state index in [4.69, 9.17) is 23.7 Å². The number of hydrogen-bond donors (Lipinski definition) is 4. The van der Waals surface area contributed by atoms with E-state index in [1.54, 1.807) is 103 Å². The van der Waals surface area contributed by atoms with Crippen LogP contribution in [0.5, 0.6) is 0 Å². The molecule has 4 N–H and O–H groups in total. The molecule has 71 heavy (non-hydrogen) atoms. The molecule has 3 amide bonds. The summed E-state index contributed by atoms with van der Waals surface area (Å²) in [6.07, 6.45) is -9.42. The molecule has 2 unspecified atom stereocenters. The molecule has 2 bridgehead atoms. The van der Waals surface area contributed by atoms with Crippen molar-refractivity contribution < 1.29 is 72.6 Å². The summed E-state index contributed by atoms with van der Waals surface area (Å²) < 4.78 is 30.3. The predicted octanol–water partition coefficient (Wildman–Crippen LogP) is 4.11. The number of aliphatic hydroxyl groups is 3. The molecule has 4 fully saturated rings. The van der Waals surface area contributed by atoms with Gasteiger partial charge in [-0.15, -0.1) is 0 Å². The molecule has 0 aromatic heterocycles. The van der Waals surface area contributed by atoms with Crippen molar-refractivity contribution in [2.75, 3.05) is 33.8 Å². The molecule has 0 spiro atoms. The number of rotatable bonds is 10. The highest BCUT2D eigenvalue weighted by atomic mass is 16.6. The smallest absolute Gasteiger partial charge is 0.338 e. The topological polar surface area (TPSA) is 245 Å². The molecular formula is C53H63N3O15. The fourth-order valence-corrected chi connectivity index (χ4v) is 11.2. The Morgan fingerprint density at radius 3 is 1.89 bits per heavy atom. The molecule has 0 radical (unpaired) electrons. The monoisotopic (exact) mass is 981 g/mol. The normalized spacial score (nSPS) is 30.5. The Bertz CT molecular complexity index is 2540. The summed E-state index contributed by atoms with van der Waals surface area (Å²) in [6, 6.07) is 23.1. The molecule has 2 saturated heterocycles. The number of urea groups is 1. The van der Waals surface area contributed by atoms with Gasteiger partial charge in [-0.25, -0.2) is 14.4 Å². The van der Waals surface area contributed by atoms with E-state index in [9.17, 15) is 44.1 Å². The van der Waals surface area contributed by atoms with Crippen LogP contribution in [0.1, 0.15) is 93.1 Å². The van der Waals surface area contributed by atoms with Gasteiger partial charge in [0.15, 0.2) is 23.6 Å². The van der Waals surface area contributed by atoms with Gasteiger partial charge in [0.1, 0.15) is 23.9 Å². The van der Waals surface area contributed by atoms with Gasteiger partial charge < -0.3 is 54.1 Å². The first-order valence-electron chi connectivity index (χ1n) is 23.7. The van der Waals surface area contributed by atoms with E-state index in [1.807, 2.05) is 14.1 Å². The Hall–Kier alpha value is -6.47. The molecule has 3 aliphatic carbocycles. The summed E-state index contributed by atoms with van der Waals surface area (Å²) >= 11 is 0. The van der Waals surface area contributed by atoms with Crippen LogP contribution in [0, 0.1) is 16.7 Å². The minimum atomic E-state index is -2.39. The van der Waals surface area contributed by atoms with Gasteiger partial charge in [-0.3, -0.25) is 19.2 Å². The zero-order valence-electron chi connectivity index (χ0n) is 41.2. The number of ether oxygens (including phenoxy) is 5. The van der Waals surface area contributed by atoms with Crippen LogP contribution in [0.3, 0.4) is 0 Å². The lowest BCUT2D eigenvalue weighted by molar-refractivity contribution is -0.346. The van der Waals surface area contributed by atoms with E-state index in [-0.39, 0.29) is 41.3 Å². The molecule has 8 rings (SSSR count). The number of fused-ring (bicyclic) bond motifs is 5. The van der Waals surface area contributed by atoms with Crippen molar-refractivity contribution in [3.05, 3.63) is 119 Å². The maximum atomic E-state index is 15.5. The highest BCUT2D eigenvalue weighted by Crippen LogP contribution is 2.64. The van der Waals surface area contributed by atoms with Gasteiger partial charge in [-0.1, -0.05) is 80.6 Å². The van der Waals surface area contributed by atoms with Crippen LogP contribution in [-0.4, -0.2) is 148 Å². The van der Waals surface area contributed by atoms with Crippen molar-refractivity contribution in [2.45, 2.75) is 115 Å². The zero-order chi connectivity index (χ0) is 51.8. The van der Waals surface area contributed by atoms with Gasteiger partial charge in [0.2, 0.25) is 0 Å². The summed E-state index contributed by atoms with van der Waals surface area (Å²) in [5.41, 5.74) is -7.02. The van der Waals surface area contributed by atoms with E-state index in [0.717, 1.165) is 33.4 Å². The molecular weight excluding hydrogens is 919 g/mol. The number of nitrogens with zero attached hydrogens (tertiary/aromatic N) is 2. The highest BCUT2D eigenvalue weighted by Gasteiger charge is 2.78. The second-order valence-electron chi connectivity index (χ2n) is 19.8. The summed E-state index contributed by atoms with van der Waals surface area (Å²) in [7, 11) is 3.66. The summed E-state index contributed by atoms with van der Waals surface area (Å²) in [5.74, 6) is -6.84. The SMILES string of the molecule is CC(=O)O[C@H]1C(=O)[C@@]2(C)C(C(OC(=O)c3ccccc3)[C@]3(O)C[C@H](OC(=O)[C@H](O)[C@@H](NC(=O)c4ccccc4)c4ccccc4)C(C)=C1C3(C)C)[C@]1(OC(C)=O)CO[C@@H]1C[C@@H]2O.CN1CCCN(C)C1=O. The molecule has 11 atom stereocenters. The van der Waals surface area contributed by atoms with Crippen molar-refractivity contribution in [2.24, 2.45) is 16.7 Å². The number of Topliss-reactive ketones (excluding diaryl/α,β-unsaturated/α-hetero) is 1. The van der Waals surface area contributed by atoms with Crippen molar-refractivity contribution in [1.29, 1.82) is 0 Å². The lowest BCUT2D eigenvalue weighted by atomic mass is 9.44. The fraction of sp³-hybridized carbons (Fsp3) is 0.491. The molecule has 18 heteroatoms. The lowest BCUT2D eigenvalue weighted by Gasteiger charge is -2.67. The molecule has 5 aliphatic rings. The molecule has 380 valence electrons. The van der Waals surface area contributed by atoms with Gasteiger partial charge in [0.25, 0.3) is 5.91 Å². The van der Waals surface area contributed by atoms with Crippen LogP contribution in [0.4, 0.5) is 4.79 Å². The van der Waals surface area contributed by atoms with Crippen LogP contribution in [0.25, 0.3) is 0 Å². The van der Waals surface area contributed by atoms with Crippen molar-refractivity contribution >= 4 is 41.6 Å². The van der Waals surface area contributed by atoms with Crippen molar-refractivity contribution in [1.82, 2.24) is 15.1 Å². The number of amides is 3. The summed E-state index contributed by atoms with van der Waals surface area (Å²) in [6.45, 7) is 9.79. The average molecular weight is 982 g/mol. The first-order chi connectivity index (χ1) is 33.5. The van der Waals surface area contributed by atoms with E-state index in [1.165, 1.54) is 26.0 Å². The van der Waals surface area contributed by atoms with Gasteiger partial charge in [0, 0.05) is 64.9 Å². The molecule has 2 aliphatic heterocycles. The summed E-state index contributed by atoms with van der Waals surface area (Å²) in [5, 5.41) is 40.2. The van der Waals surface area contributed by atoms with E-state index in [0.29, 0.717) is 5.56 Å². The Balaban J connectivity index is 0.000000741. The van der Waals surface area contributed by atoms with Gasteiger partial charge in [0.05, 0.1) is 35.6 Å². The van der Waals surface area contributed by atoms with Crippen LogP contribution in [0.15, 0.2) is 102 Å². The maximum Gasteiger partial charge on any atom is 0.338 e. The third-order valence-corrected chi connectivity index (χ3v) is 15.1. The van der Waals surface area contributed by atoms with Crippen LogP contribution >= 0.6 is 0 Å². The van der Waals surface area contributed by atoms with E-state index < -0.39 is 113 Å². The third-order valence-electron chi connectivity index (χ3n) is 15.1. The second-order valence-corrected chi connectivity index (χ2v) is 19.8. The predicted molar refractivity (Wildman–Crippen MR) is 253 cm³/mol. The van der Waals surface area contributed by atoms with Crippen LogP contribution < -0.4 is 5.32 Å². The van der Waals surface area contributed by atoms with Gasteiger partial charge in [-0.05, 0) is 61.2 Å². The highest BCUT2D eigenvalue weighted by molar-refractivity contribution is 5.96. The Kier molecular flexibility index (Phi) is 15.0. The van der Waals surface area contributed by atoms with Crippen LogP contribution in [0.2, 0.25) is 0 Å². The number of benzene rings is 3. The number of nitrogens with one attached hydrogen (secondary N) is 1. The Morgan fingerprint density at radius 2 is 1.37 bits per heavy atom. The third kappa shape index (κ3) is 9.57. The fourth-order valence-electron chi connectivity index (χ4n) is 11.2. The second kappa shape index (κ2) is 20.3. The number of carbonyl (C=O) groups excluding carboxylic acids is 7. The summed E-state index contributed by atoms with van der Waals surface area (Å²) in [4.78, 5) is 97.9. The molecule has 2 heterocycles. The number of aliphatic hydroxyl groups excluding tert-OH is 2. The van der Waals surface area contributed by atoms with E-state index >= 15 is 4.79 Å². The van der Waals surface area contributed by atoms with Gasteiger partial charge in [-0.2, -0.15) is 0 Å².